The van der Waals surface area contributed by atoms with Crippen LogP contribution in [0.25, 0.3) is 0 Å². The lowest BCUT2D eigenvalue weighted by atomic mass is 10.2. The van der Waals surface area contributed by atoms with E-state index in [2.05, 4.69) is 20.0 Å². The third kappa shape index (κ3) is 4.88. The first-order chi connectivity index (χ1) is 11.4. The van der Waals surface area contributed by atoms with Gasteiger partial charge in [-0.1, -0.05) is 0 Å². The number of hydrogen-bond acceptors (Lipinski definition) is 5. The summed E-state index contributed by atoms with van der Waals surface area (Å²) in [5, 5.41) is 2.69. The number of amides is 1. The minimum atomic E-state index is -3.65. The summed E-state index contributed by atoms with van der Waals surface area (Å²) in [6.07, 6.45) is 3.26. The molecule has 130 valence electrons. The van der Waals surface area contributed by atoms with Crippen molar-refractivity contribution in [3.8, 4) is 0 Å². The second-order valence-corrected chi connectivity index (χ2v) is 6.93. The maximum atomic E-state index is 12.2. The normalized spacial score (nSPS) is 12.8. The second-order valence-electron chi connectivity index (χ2n) is 5.22. The van der Waals surface area contributed by atoms with Crippen LogP contribution in [0.15, 0.2) is 41.6 Å². The molecule has 0 saturated carbocycles. The van der Waals surface area contributed by atoms with Gasteiger partial charge in [0, 0.05) is 31.1 Å². The van der Waals surface area contributed by atoms with Gasteiger partial charge >= 0.3 is 0 Å². The molecule has 1 atom stereocenters. The van der Waals surface area contributed by atoms with Gasteiger partial charge in [-0.2, -0.15) is 0 Å². The van der Waals surface area contributed by atoms with Crippen molar-refractivity contribution in [3.05, 3.63) is 48.0 Å². The monoisotopic (exact) mass is 352 g/mol. The van der Waals surface area contributed by atoms with Gasteiger partial charge in [0.05, 0.1) is 18.0 Å². The van der Waals surface area contributed by atoms with Crippen LogP contribution in [0, 0.1) is 0 Å². The van der Waals surface area contributed by atoms with Gasteiger partial charge in [-0.05, 0) is 31.2 Å². The fourth-order valence-electron chi connectivity index (χ4n) is 2.06. The number of aromatic amines is 1. The fourth-order valence-corrected chi connectivity index (χ4v) is 3.29. The Balaban J connectivity index is 2.00. The van der Waals surface area contributed by atoms with Crippen molar-refractivity contribution in [2.45, 2.75) is 24.4 Å². The zero-order valence-corrected chi connectivity index (χ0v) is 14.3. The number of rotatable bonds is 8. The number of carbonyl (C=O) groups excluding carboxylic acids is 1. The van der Waals surface area contributed by atoms with E-state index in [0.717, 1.165) is 0 Å². The molecule has 2 aromatic rings. The van der Waals surface area contributed by atoms with E-state index in [1.807, 2.05) is 0 Å². The largest absolute Gasteiger partial charge is 0.383 e. The number of aromatic nitrogens is 2. The van der Waals surface area contributed by atoms with Crippen molar-refractivity contribution in [2.75, 3.05) is 13.7 Å². The van der Waals surface area contributed by atoms with Crippen LogP contribution in [0.2, 0.25) is 0 Å². The summed E-state index contributed by atoms with van der Waals surface area (Å²) in [5.74, 6) is 0.329. The Morgan fingerprint density at radius 2 is 2.04 bits per heavy atom. The number of ether oxygens (including phenoxy) is 1. The van der Waals surface area contributed by atoms with Gasteiger partial charge in [0.1, 0.15) is 5.82 Å². The highest BCUT2D eigenvalue weighted by Crippen LogP contribution is 2.11. The molecule has 0 spiro atoms. The van der Waals surface area contributed by atoms with E-state index in [1.165, 1.54) is 31.4 Å². The highest BCUT2D eigenvalue weighted by Gasteiger charge is 2.17. The molecule has 0 aliphatic rings. The number of nitrogens with zero attached hydrogens (tertiary/aromatic N) is 1. The summed E-state index contributed by atoms with van der Waals surface area (Å²) in [4.78, 5) is 19.0. The number of H-pyrrole nitrogens is 1. The van der Waals surface area contributed by atoms with Crippen molar-refractivity contribution < 1.29 is 17.9 Å². The highest BCUT2D eigenvalue weighted by molar-refractivity contribution is 7.89. The molecule has 1 aromatic heterocycles. The molecule has 24 heavy (non-hydrogen) atoms. The van der Waals surface area contributed by atoms with Crippen LogP contribution in [0.4, 0.5) is 0 Å². The van der Waals surface area contributed by atoms with Crippen LogP contribution < -0.4 is 10.0 Å². The Labute approximate surface area is 140 Å². The molecule has 8 nitrogen and oxygen atoms in total. The van der Waals surface area contributed by atoms with Crippen LogP contribution in [-0.2, 0) is 21.3 Å². The fraction of sp³-hybridized carbons (Fsp3) is 0.333. The summed E-state index contributed by atoms with van der Waals surface area (Å²) < 4.78 is 31.8. The molecule has 1 aromatic carbocycles. The van der Waals surface area contributed by atoms with E-state index < -0.39 is 10.0 Å². The predicted molar refractivity (Wildman–Crippen MR) is 87.9 cm³/mol. The summed E-state index contributed by atoms with van der Waals surface area (Å²) in [6.45, 7) is 2.24. The minimum absolute atomic E-state index is 0.0908. The minimum Gasteiger partial charge on any atom is -0.383 e. The second kappa shape index (κ2) is 8.04. The number of sulfonamides is 1. The third-order valence-electron chi connectivity index (χ3n) is 3.17. The molecule has 0 unspecified atom stereocenters. The zero-order valence-electron chi connectivity index (χ0n) is 13.4. The number of imidazole rings is 1. The van der Waals surface area contributed by atoms with Gasteiger partial charge < -0.3 is 15.0 Å². The van der Waals surface area contributed by atoms with E-state index in [-0.39, 0.29) is 30.0 Å². The first kappa shape index (κ1) is 18.1. The van der Waals surface area contributed by atoms with Gasteiger partial charge in [-0.25, -0.2) is 18.1 Å². The first-order valence-corrected chi connectivity index (χ1v) is 8.78. The Kier molecular flexibility index (Phi) is 6.07. The van der Waals surface area contributed by atoms with E-state index >= 15 is 0 Å². The topological polar surface area (TPSA) is 113 Å². The standard InChI is InChI=1S/C15H20N4O4S/c1-11(10-23-2)19-24(21,22)13-5-3-12(4-6-13)15(20)18-9-14-16-7-8-17-14/h3-8,11,19H,9-10H2,1-2H3,(H,16,17)(H,18,20)/t11-/m0/s1. The van der Waals surface area contributed by atoms with Crippen molar-refractivity contribution in [3.63, 3.8) is 0 Å². The molecule has 0 radical (unpaired) electrons. The van der Waals surface area contributed by atoms with Crippen LogP contribution in [0.3, 0.4) is 0 Å². The lowest BCUT2D eigenvalue weighted by Gasteiger charge is -2.13. The average molecular weight is 352 g/mol. The number of methoxy groups -OCH3 is 1. The van der Waals surface area contributed by atoms with Crippen LogP contribution in [0.1, 0.15) is 23.1 Å². The maximum Gasteiger partial charge on any atom is 0.251 e. The quantitative estimate of drug-likeness (QED) is 0.646. The summed E-state index contributed by atoms with van der Waals surface area (Å²) in [7, 11) is -2.15. The average Bonchev–Trinajstić information content (AvgIpc) is 3.06. The van der Waals surface area contributed by atoms with E-state index in [0.29, 0.717) is 11.4 Å². The van der Waals surface area contributed by atoms with Crippen LogP contribution in [0.5, 0.6) is 0 Å². The lowest BCUT2D eigenvalue weighted by Crippen LogP contribution is -2.35. The summed E-state index contributed by atoms with van der Waals surface area (Å²) in [6, 6.07) is 5.36. The third-order valence-corrected chi connectivity index (χ3v) is 4.78. The van der Waals surface area contributed by atoms with Crippen molar-refractivity contribution >= 4 is 15.9 Å². The molecule has 0 bridgehead atoms. The Morgan fingerprint density at radius 3 is 2.62 bits per heavy atom. The van der Waals surface area contributed by atoms with Gasteiger partial charge in [0.2, 0.25) is 10.0 Å². The molecule has 2 rings (SSSR count). The van der Waals surface area contributed by atoms with Crippen molar-refractivity contribution in [1.82, 2.24) is 20.0 Å². The van der Waals surface area contributed by atoms with Crippen LogP contribution in [-0.4, -0.2) is 44.1 Å². The molecule has 0 aliphatic carbocycles. The maximum absolute atomic E-state index is 12.2. The molecule has 1 amide bonds. The lowest BCUT2D eigenvalue weighted by molar-refractivity contribution is 0.0950. The molecule has 3 N–H and O–H groups in total. The van der Waals surface area contributed by atoms with Gasteiger partial charge in [-0.3, -0.25) is 4.79 Å². The molecular formula is C15H20N4O4S. The molecule has 0 aliphatic heterocycles. The molecule has 0 fully saturated rings. The number of benzene rings is 1. The number of hydrogen-bond donors (Lipinski definition) is 3. The van der Waals surface area contributed by atoms with Crippen LogP contribution >= 0.6 is 0 Å². The molecule has 1 heterocycles. The Morgan fingerprint density at radius 1 is 1.33 bits per heavy atom. The van der Waals surface area contributed by atoms with Gasteiger partial charge in [0.15, 0.2) is 0 Å². The number of nitrogens with one attached hydrogen (secondary N) is 3. The number of carbonyl (C=O) groups is 1. The molecule has 0 saturated heterocycles. The molecular weight excluding hydrogens is 332 g/mol. The Bertz CT molecular complexity index is 757. The van der Waals surface area contributed by atoms with Crippen molar-refractivity contribution in [1.29, 1.82) is 0 Å². The van der Waals surface area contributed by atoms with E-state index in [1.54, 1.807) is 19.3 Å². The van der Waals surface area contributed by atoms with E-state index in [9.17, 15) is 13.2 Å². The Hall–Kier alpha value is -2.23. The predicted octanol–water partition coefficient (Wildman–Crippen LogP) is 0.653. The SMILES string of the molecule is COC[C@H](C)NS(=O)(=O)c1ccc(C(=O)NCc2ncc[nH]2)cc1. The summed E-state index contributed by atoms with van der Waals surface area (Å²) in [5.41, 5.74) is 0.366. The van der Waals surface area contributed by atoms with E-state index in [4.69, 9.17) is 4.74 Å². The van der Waals surface area contributed by atoms with Gasteiger partial charge in [-0.15, -0.1) is 0 Å². The smallest absolute Gasteiger partial charge is 0.251 e. The molecule has 9 heteroatoms. The first-order valence-electron chi connectivity index (χ1n) is 7.30. The zero-order chi connectivity index (χ0) is 17.6. The highest BCUT2D eigenvalue weighted by atomic mass is 32.2. The summed E-state index contributed by atoms with van der Waals surface area (Å²) >= 11 is 0. The van der Waals surface area contributed by atoms with Gasteiger partial charge in [0.25, 0.3) is 5.91 Å². The van der Waals surface area contributed by atoms with Crippen molar-refractivity contribution in [2.24, 2.45) is 0 Å².